The Hall–Kier alpha value is -2.71. The smallest absolute Gasteiger partial charge is 0.256 e. The Balaban J connectivity index is 1.73. The molecule has 3 aromatic rings. The number of methoxy groups -OCH3 is 1. The highest BCUT2D eigenvalue weighted by Crippen LogP contribution is 2.39. The third kappa shape index (κ3) is 5.33. The van der Waals surface area contributed by atoms with E-state index in [0.717, 1.165) is 43.5 Å². The molecule has 1 aromatic heterocycles. The molecule has 1 aliphatic rings. The number of benzene rings is 2. The van der Waals surface area contributed by atoms with E-state index < -0.39 is 0 Å². The number of ether oxygens (including phenoxy) is 1. The van der Waals surface area contributed by atoms with Gasteiger partial charge < -0.3 is 25.0 Å². The van der Waals surface area contributed by atoms with Crippen molar-refractivity contribution in [3.63, 3.8) is 0 Å². The third-order valence-corrected chi connectivity index (χ3v) is 8.02. The average molecular weight is 482 g/mol. The van der Waals surface area contributed by atoms with Crippen LogP contribution < -0.4 is 19.9 Å². The van der Waals surface area contributed by atoms with Crippen LogP contribution in [-0.4, -0.2) is 57.5 Å². The predicted octanol–water partition coefficient (Wildman–Crippen LogP) is 1.49. The van der Waals surface area contributed by atoms with Gasteiger partial charge in [0.05, 0.1) is 19.3 Å². The van der Waals surface area contributed by atoms with Crippen molar-refractivity contribution in [3.05, 3.63) is 81.7 Å². The molecule has 1 unspecified atom stereocenters. The van der Waals surface area contributed by atoms with Gasteiger partial charge in [-0.3, -0.25) is 4.79 Å². The zero-order chi connectivity index (χ0) is 24.1. The second-order valence-corrected chi connectivity index (χ2v) is 10.2. The summed E-state index contributed by atoms with van der Waals surface area (Å²) in [5.41, 5.74) is 4.28. The van der Waals surface area contributed by atoms with E-state index in [4.69, 9.17) is 4.74 Å². The lowest BCUT2D eigenvalue weighted by Gasteiger charge is -2.35. The molecule has 0 radical (unpaired) electrons. The van der Waals surface area contributed by atoms with E-state index in [2.05, 4.69) is 31.3 Å². The molecule has 0 spiro atoms. The quantitative estimate of drug-likeness (QED) is 0.394. The molecule has 2 aromatic carbocycles. The van der Waals surface area contributed by atoms with Crippen LogP contribution in [0.1, 0.15) is 38.0 Å². The zero-order valence-corrected chi connectivity index (χ0v) is 21.0. The van der Waals surface area contributed by atoms with Gasteiger partial charge in [0, 0.05) is 16.0 Å². The first kappa shape index (κ1) is 24.4. The fourth-order valence-corrected chi connectivity index (χ4v) is 5.99. The summed E-state index contributed by atoms with van der Waals surface area (Å²) < 4.78 is 5.56. The fourth-order valence-electron chi connectivity index (χ4n) is 4.90. The van der Waals surface area contributed by atoms with Crippen LogP contribution in [0, 0.1) is 13.8 Å². The van der Waals surface area contributed by atoms with Gasteiger partial charge in [-0.1, -0.05) is 30.3 Å². The van der Waals surface area contributed by atoms with Gasteiger partial charge in [0.15, 0.2) is 0 Å². The maximum absolute atomic E-state index is 13.1. The SMILES string of the molecule is COc1cccc(C(c2c(NC(=O)c3ccccc3)sc(C)c2C)[NH+]2CC[NH+](CCO)CC2)c1. The standard InChI is InChI=1S/C27H33N3O3S/c1-19-20(2)34-27(28-26(32)21-8-5-4-6-9-21)24(19)25(22-10-7-11-23(18-22)33-3)30-14-12-29(13-15-30)16-17-31/h4-11,18,25,31H,12-17H2,1-3H3,(H,28,32)/p+2. The Morgan fingerprint density at radius 3 is 2.50 bits per heavy atom. The van der Waals surface area contributed by atoms with Crippen LogP contribution in [0.25, 0.3) is 0 Å². The maximum atomic E-state index is 13.1. The number of carbonyl (C=O) groups excluding carboxylic acids is 1. The summed E-state index contributed by atoms with van der Waals surface area (Å²) in [6.45, 7) is 9.35. The Morgan fingerprint density at radius 2 is 1.82 bits per heavy atom. The number of carbonyl (C=O) groups is 1. The minimum atomic E-state index is -0.0836. The summed E-state index contributed by atoms with van der Waals surface area (Å²) in [5.74, 6) is 0.755. The van der Waals surface area contributed by atoms with Gasteiger partial charge in [-0.25, -0.2) is 0 Å². The van der Waals surface area contributed by atoms with Gasteiger partial charge in [-0.15, -0.1) is 11.3 Å². The van der Waals surface area contributed by atoms with Gasteiger partial charge in [-0.05, 0) is 43.7 Å². The molecule has 0 aliphatic carbocycles. The summed E-state index contributed by atoms with van der Waals surface area (Å²) in [5, 5.41) is 13.5. The molecule has 180 valence electrons. The van der Waals surface area contributed by atoms with Crippen LogP contribution in [0.3, 0.4) is 0 Å². The van der Waals surface area contributed by atoms with Crippen molar-refractivity contribution in [2.75, 3.05) is 51.8 Å². The van der Waals surface area contributed by atoms with Crippen molar-refractivity contribution in [1.82, 2.24) is 0 Å². The highest BCUT2D eigenvalue weighted by Gasteiger charge is 2.36. The third-order valence-electron chi connectivity index (χ3n) is 6.88. The van der Waals surface area contributed by atoms with E-state index in [9.17, 15) is 9.90 Å². The van der Waals surface area contributed by atoms with Crippen LogP contribution in [-0.2, 0) is 0 Å². The molecule has 6 nitrogen and oxygen atoms in total. The van der Waals surface area contributed by atoms with E-state index in [1.165, 1.54) is 31.4 Å². The summed E-state index contributed by atoms with van der Waals surface area (Å²) in [6, 6.07) is 17.8. The first-order valence-electron chi connectivity index (χ1n) is 11.9. The van der Waals surface area contributed by atoms with E-state index >= 15 is 0 Å². The van der Waals surface area contributed by atoms with Gasteiger partial charge in [0.1, 0.15) is 49.5 Å². The van der Waals surface area contributed by atoms with Crippen molar-refractivity contribution in [2.45, 2.75) is 19.9 Å². The normalized spacial score (nSPS) is 18.9. The Bertz CT molecular complexity index is 1110. The number of nitrogens with one attached hydrogen (secondary N) is 3. The van der Waals surface area contributed by atoms with Crippen LogP contribution >= 0.6 is 11.3 Å². The first-order chi connectivity index (χ1) is 16.5. The lowest BCUT2D eigenvalue weighted by molar-refractivity contribution is -1.02. The molecule has 1 saturated heterocycles. The molecule has 0 bridgehead atoms. The summed E-state index contributed by atoms with van der Waals surface area (Å²) in [7, 11) is 1.70. The molecule has 1 atom stereocenters. The fraction of sp³-hybridized carbons (Fsp3) is 0.370. The number of aliphatic hydroxyl groups is 1. The molecule has 1 aliphatic heterocycles. The number of quaternary nitrogens is 2. The van der Waals surface area contributed by atoms with E-state index in [-0.39, 0.29) is 18.6 Å². The minimum absolute atomic E-state index is 0.0836. The van der Waals surface area contributed by atoms with Crippen LogP contribution in [0.4, 0.5) is 5.00 Å². The van der Waals surface area contributed by atoms with E-state index in [0.29, 0.717) is 5.56 Å². The van der Waals surface area contributed by atoms with Crippen LogP contribution in [0.5, 0.6) is 5.75 Å². The number of piperazine rings is 1. The molecular formula is C27H35N3O3S+2. The minimum Gasteiger partial charge on any atom is -0.497 e. The summed E-state index contributed by atoms with van der Waals surface area (Å²) in [6.07, 6.45) is 0. The van der Waals surface area contributed by atoms with Crippen LogP contribution in [0.2, 0.25) is 0 Å². The highest BCUT2D eigenvalue weighted by atomic mass is 32.1. The van der Waals surface area contributed by atoms with Crippen LogP contribution in [0.15, 0.2) is 54.6 Å². The molecule has 2 heterocycles. The van der Waals surface area contributed by atoms with Gasteiger partial charge in [0.25, 0.3) is 5.91 Å². The zero-order valence-electron chi connectivity index (χ0n) is 20.2. The second kappa shape index (κ2) is 11.1. The van der Waals surface area contributed by atoms with Crippen molar-refractivity contribution < 1.29 is 24.4 Å². The molecule has 7 heteroatoms. The number of aliphatic hydroxyl groups excluding tert-OH is 1. The number of hydrogen-bond acceptors (Lipinski definition) is 4. The van der Waals surface area contributed by atoms with Gasteiger partial charge in [-0.2, -0.15) is 0 Å². The Morgan fingerprint density at radius 1 is 1.09 bits per heavy atom. The maximum Gasteiger partial charge on any atom is 0.256 e. The average Bonchev–Trinajstić information content (AvgIpc) is 3.14. The largest absolute Gasteiger partial charge is 0.497 e. The van der Waals surface area contributed by atoms with Gasteiger partial charge in [0.2, 0.25) is 0 Å². The van der Waals surface area contributed by atoms with Crippen molar-refractivity contribution in [2.24, 2.45) is 0 Å². The number of rotatable bonds is 8. The molecule has 0 saturated carbocycles. The summed E-state index contributed by atoms with van der Waals surface area (Å²) in [4.78, 5) is 17.2. The Labute approximate surface area is 205 Å². The predicted molar refractivity (Wildman–Crippen MR) is 136 cm³/mol. The van der Waals surface area contributed by atoms with Gasteiger partial charge >= 0.3 is 0 Å². The molecule has 4 N–H and O–H groups in total. The molecule has 4 rings (SSSR count). The molecule has 1 fully saturated rings. The lowest BCUT2D eigenvalue weighted by Crippen LogP contribution is -3.28. The first-order valence-corrected chi connectivity index (χ1v) is 12.7. The Kier molecular flexibility index (Phi) is 8.00. The number of amides is 1. The van der Waals surface area contributed by atoms with E-state index in [1.807, 2.05) is 42.5 Å². The number of thiophene rings is 1. The van der Waals surface area contributed by atoms with Crippen molar-refractivity contribution >= 4 is 22.2 Å². The topological polar surface area (TPSA) is 67.4 Å². The number of aryl methyl sites for hydroxylation is 1. The summed E-state index contributed by atoms with van der Waals surface area (Å²) >= 11 is 1.65. The number of anilines is 1. The molecule has 1 amide bonds. The second-order valence-electron chi connectivity index (χ2n) is 8.94. The molecular weight excluding hydrogens is 446 g/mol. The lowest BCUT2D eigenvalue weighted by atomic mass is 9.94. The monoisotopic (exact) mass is 481 g/mol. The van der Waals surface area contributed by atoms with Crippen molar-refractivity contribution in [1.29, 1.82) is 0 Å². The van der Waals surface area contributed by atoms with E-state index in [1.54, 1.807) is 18.4 Å². The molecule has 34 heavy (non-hydrogen) atoms. The highest BCUT2D eigenvalue weighted by molar-refractivity contribution is 7.16. The van der Waals surface area contributed by atoms with Crippen molar-refractivity contribution in [3.8, 4) is 5.75 Å². The number of hydrogen-bond donors (Lipinski definition) is 4.